The van der Waals surface area contributed by atoms with E-state index in [0.29, 0.717) is 28.3 Å². The highest BCUT2D eigenvalue weighted by Gasteiger charge is 2.14. The number of amides is 1. The van der Waals surface area contributed by atoms with Crippen LogP contribution in [-0.4, -0.2) is 46.1 Å². The van der Waals surface area contributed by atoms with Crippen molar-refractivity contribution in [3.8, 4) is 17.2 Å². The van der Waals surface area contributed by atoms with Gasteiger partial charge in [-0.25, -0.2) is 0 Å². The number of carbonyl (C=O) groups excluding carboxylic acids is 1. The van der Waals surface area contributed by atoms with Crippen LogP contribution in [0.4, 0.5) is 5.69 Å². The Labute approximate surface area is 173 Å². The average molecular weight is 414 g/mol. The molecule has 1 aromatic heterocycles. The number of aromatic nitrogens is 4. The minimum atomic E-state index is -0.192. The van der Waals surface area contributed by atoms with Crippen LogP contribution in [0.5, 0.6) is 11.5 Å². The van der Waals surface area contributed by atoms with Crippen molar-refractivity contribution in [3.63, 3.8) is 0 Å². The molecule has 0 aliphatic carbocycles. The summed E-state index contributed by atoms with van der Waals surface area (Å²) in [6.45, 7) is 4.29. The predicted molar refractivity (Wildman–Crippen MR) is 112 cm³/mol. The van der Waals surface area contributed by atoms with Crippen LogP contribution in [-0.2, 0) is 4.79 Å². The Morgan fingerprint density at radius 3 is 2.55 bits per heavy atom. The molecule has 0 aliphatic heterocycles. The molecule has 0 atom stereocenters. The predicted octanol–water partition coefficient (Wildman–Crippen LogP) is 3.53. The lowest BCUT2D eigenvalue weighted by atomic mass is 10.0. The molecular formula is C20H23N5O3S. The lowest BCUT2D eigenvalue weighted by molar-refractivity contribution is -0.113. The maximum Gasteiger partial charge on any atom is 0.234 e. The molecule has 1 heterocycles. The number of tetrazole rings is 1. The highest BCUT2D eigenvalue weighted by Crippen LogP contribution is 2.29. The van der Waals surface area contributed by atoms with Gasteiger partial charge in [-0.15, -0.1) is 5.10 Å². The van der Waals surface area contributed by atoms with Gasteiger partial charge in [-0.1, -0.05) is 37.7 Å². The van der Waals surface area contributed by atoms with Gasteiger partial charge in [-0.2, -0.15) is 4.68 Å². The van der Waals surface area contributed by atoms with Crippen LogP contribution in [0.1, 0.15) is 25.3 Å². The van der Waals surface area contributed by atoms with Gasteiger partial charge in [0, 0.05) is 6.07 Å². The van der Waals surface area contributed by atoms with E-state index in [0.717, 1.165) is 5.69 Å². The van der Waals surface area contributed by atoms with E-state index in [-0.39, 0.29) is 11.7 Å². The molecule has 152 valence electrons. The zero-order valence-electron chi connectivity index (χ0n) is 16.7. The first-order valence-electron chi connectivity index (χ1n) is 9.05. The molecule has 0 fully saturated rings. The lowest BCUT2D eigenvalue weighted by Gasteiger charge is -2.11. The topological polar surface area (TPSA) is 91.2 Å². The van der Waals surface area contributed by atoms with Gasteiger partial charge in [0.1, 0.15) is 11.5 Å². The van der Waals surface area contributed by atoms with Crippen LogP contribution in [0.2, 0.25) is 0 Å². The summed E-state index contributed by atoms with van der Waals surface area (Å²) < 4.78 is 12.1. The summed E-state index contributed by atoms with van der Waals surface area (Å²) in [5, 5.41) is 15.2. The van der Waals surface area contributed by atoms with Crippen molar-refractivity contribution in [1.29, 1.82) is 0 Å². The average Bonchev–Trinajstić information content (AvgIpc) is 3.21. The van der Waals surface area contributed by atoms with Gasteiger partial charge < -0.3 is 14.8 Å². The fourth-order valence-corrected chi connectivity index (χ4v) is 3.34. The number of ether oxygens (including phenoxy) is 2. The monoisotopic (exact) mass is 413 g/mol. The molecule has 1 amide bonds. The van der Waals surface area contributed by atoms with E-state index in [4.69, 9.17) is 9.47 Å². The van der Waals surface area contributed by atoms with E-state index >= 15 is 0 Å². The molecule has 3 rings (SSSR count). The van der Waals surface area contributed by atoms with Gasteiger partial charge in [0.05, 0.1) is 31.3 Å². The van der Waals surface area contributed by atoms with Gasteiger partial charge in [0.25, 0.3) is 0 Å². The Hall–Kier alpha value is -3.07. The van der Waals surface area contributed by atoms with Crippen molar-refractivity contribution in [2.45, 2.75) is 24.9 Å². The molecule has 0 saturated heterocycles. The summed E-state index contributed by atoms with van der Waals surface area (Å²) in [5.74, 6) is 1.59. The molecule has 0 radical (unpaired) electrons. The first-order valence-corrected chi connectivity index (χ1v) is 10.0. The molecular weight excluding hydrogens is 390 g/mol. The maximum atomic E-state index is 12.4. The van der Waals surface area contributed by atoms with Gasteiger partial charge >= 0.3 is 0 Å². The zero-order valence-corrected chi connectivity index (χ0v) is 17.6. The number of nitrogens with one attached hydrogen (secondary N) is 1. The first-order chi connectivity index (χ1) is 14.0. The minimum Gasteiger partial charge on any atom is -0.497 e. The lowest BCUT2D eigenvalue weighted by Crippen LogP contribution is -2.15. The second-order valence-corrected chi connectivity index (χ2v) is 7.47. The molecule has 8 nitrogen and oxygen atoms in total. The van der Waals surface area contributed by atoms with Crippen LogP contribution >= 0.6 is 11.8 Å². The van der Waals surface area contributed by atoms with Crippen LogP contribution in [0.3, 0.4) is 0 Å². The third kappa shape index (κ3) is 5.05. The molecule has 2 aromatic carbocycles. The number of methoxy groups -OCH3 is 2. The Bertz CT molecular complexity index is 973. The summed E-state index contributed by atoms with van der Waals surface area (Å²) in [6, 6.07) is 13.3. The van der Waals surface area contributed by atoms with E-state index in [2.05, 4.69) is 46.8 Å². The smallest absolute Gasteiger partial charge is 0.234 e. The van der Waals surface area contributed by atoms with Crippen molar-refractivity contribution in [2.24, 2.45) is 0 Å². The maximum absolute atomic E-state index is 12.4. The second kappa shape index (κ2) is 9.42. The Balaban J connectivity index is 1.65. The quantitative estimate of drug-likeness (QED) is 0.565. The number of hydrogen-bond donors (Lipinski definition) is 1. The Morgan fingerprint density at radius 2 is 1.90 bits per heavy atom. The van der Waals surface area contributed by atoms with Crippen LogP contribution < -0.4 is 14.8 Å². The van der Waals surface area contributed by atoms with Crippen molar-refractivity contribution in [3.05, 3.63) is 48.0 Å². The summed E-state index contributed by atoms with van der Waals surface area (Å²) in [6.07, 6.45) is 0. The fourth-order valence-electron chi connectivity index (χ4n) is 2.65. The molecule has 1 N–H and O–H groups in total. The number of nitrogens with zero attached hydrogens (tertiary/aromatic N) is 4. The number of carbonyl (C=O) groups is 1. The van der Waals surface area contributed by atoms with Crippen LogP contribution in [0.25, 0.3) is 5.69 Å². The Morgan fingerprint density at radius 1 is 1.14 bits per heavy atom. The fraction of sp³-hybridized carbons (Fsp3) is 0.300. The van der Waals surface area contributed by atoms with E-state index in [1.165, 1.54) is 24.4 Å². The van der Waals surface area contributed by atoms with Crippen molar-refractivity contribution in [2.75, 3.05) is 25.3 Å². The summed E-state index contributed by atoms with van der Waals surface area (Å²) >= 11 is 1.26. The molecule has 0 unspecified atom stereocenters. The Kier molecular flexibility index (Phi) is 6.71. The van der Waals surface area contributed by atoms with Gasteiger partial charge in [0.15, 0.2) is 0 Å². The zero-order chi connectivity index (χ0) is 20.8. The standard InChI is InChI=1S/C20H23N5O3S/c1-13(2)14-5-7-15(8-6-14)25-20(22-23-24-25)29-12-19(26)21-17-10-9-16(27-3)11-18(17)28-4/h5-11,13H,12H2,1-4H3,(H,21,26). The summed E-state index contributed by atoms with van der Waals surface area (Å²) in [7, 11) is 3.11. The number of rotatable bonds is 8. The highest BCUT2D eigenvalue weighted by molar-refractivity contribution is 7.99. The third-order valence-electron chi connectivity index (χ3n) is 4.26. The summed E-state index contributed by atoms with van der Waals surface area (Å²) in [4.78, 5) is 12.4. The molecule has 9 heteroatoms. The molecule has 0 saturated carbocycles. The number of thioether (sulfide) groups is 1. The molecule has 0 aliphatic rings. The number of anilines is 1. The van der Waals surface area contributed by atoms with E-state index in [1.54, 1.807) is 30.0 Å². The van der Waals surface area contributed by atoms with E-state index in [1.807, 2.05) is 12.1 Å². The van der Waals surface area contributed by atoms with Crippen molar-refractivity contribution < 1.29 is 14.3 Å². The van der Waals surface area contributed by atoms with Crippen LogP contribution in [0.15, 0.2) is 47.6 Å². The number of benzene rings is 2. The first kappa shape index (κ1) is 20.7. The van der Waals surface area contributed by atoms with Gasteiger partial charge in [0.2, 0.25) is 11.1 Å². The molecule has 3 aromatic rings. The minimum absolute atomic E-state index is 0.152. The van der Waals surface area contributed by atoms with Crippen molar-refractivity contribution >= 4 is 23.4 Å². The van der Waals surface area contributed by atoms with Gasteiger partial charge in [-0.05, 0) is 46.2 Å². The third-order valence-corrected chi connectivity index (χ3v) is 5.18. The normalized spacial score (nSPS) is 10.8. The largest absolute Gasteiger partial charge is 0.497 e. The number of hydrogen-bond acceptors (Lipinski definition) is 7. The highest BCUT2D eigenvalue weighted by atomic mass is 32.2. The molecule has 0 bridgehead atoms. The van der Waals surface area contributed by atoms with Gasteiger partial charge in [-0.3, -0.25) is 4.79 Å². The van der Waals surface area contributed by atoms with E-state index < -0.39 is 0 Å². The summed E-state index contributed by atoms with van der Waals surface area (Å²) in [5.41, 5.74) is 2.66. The molecule has 29 heavy (non-hydrogen) atoms. The SMILES string of the molecule is COc1ccc(NC(=O)CSc2nnnn2-c2ccc(C(C)C)cc2)c(OC)c1. The van der Waals surface area contributed by atoms with Crippen LogP contribution in [0, 0.1) is 0 Å². The van der Waals surface area contributed by atoms with Crippen molar-refractivity contribution in [1.82, 2.24) is 20.2 Å². The molecule has 0 spiro atoms. The van der Waals surface area contributed by atoms with E-state index in [9.17, 15) is 4.79 Å². The second-order valence-electron chi connectivity index (χ2n) is 6.52.